The minimum absolute atomic E-state index is 0.0229. The molecule has 252 valence electrons. The van der Waals surface area contributed by atoms with Crippen LogP contribution in [0.3, 0.4) is 0 Å². The molecular formula is C37H43N3O7Si. The maximum absolute atomic E-state index is 14.9. The number of β-lactam (4-membered cyclic amide) rings is 1. The zero-order valence-corrected chi connectivity index (χ0v) is 28.9. The second-order valence-electron chi connectivity index (χ2n) is 14.1. The summed E-state index contributed by atoms with van der Waals surface area (Å²) in [6.07, 6.45) is 0.342. The van der Waals surface area contributed by atoms with E-state index < -0.39 is 31.5 Å². The number of fused-ring (bicyclic) bond motifs is 3. The van der Waals surface area contributed by atoms with Gasteiger partial charge in [-0.25, -0.2) is 0 Å². The van der Waals surface area contributed by atoms with Crippen molar-refractivity contribution < 1.29 is 33.8 Å². The third-order valence-electron chi connectivity index (χ3n) is 10.9. The minimum atomic E-state index is -3.02. The van der Waals surface area contributed by atoms with E-state index in [2.05, 4.69) is 0 Å². The van der Waals surface area contributed by atoms with Gasteiger partial charge in [-0.3, -0.25) is 14.4 Å². The summed E-state index contributed by atoms with van der Waals surface area (Å²) in [5.41, 5.74) is 3.31. The number of amides is 3. The lowest BCUT2D eigenvalue weighted by atomic mass is 9.82. The first-order valence-electron chi connectivity index (χ1n) is 16.7. The van der Waals surface area contributed by atoms with Crippen molar-refractivity contribution in [2.45, 2.75) is 75.7 Å². The molecule has 3 aromatic rings. The number of methoxy groups -OCH3 is 1. The van der Waals surface area contributed by atoms with Gasteiger partial charge in [0, 0.05) is 42.2 Å². The molecule has 10 nitrogen and oxygen atoms in total. The lowest BCUT2D eigenvalue weighted by Gasteiger charge is -2.37. The van der Waals surface area contributed by atoms with E-state index >= 15 is 0 Å². The second-order valence-corrected chi connectivity index (χ2v) is 18.1. The molecule has 0 unspecified atom stereocenters. The van der Waals surface area contributed by atoms with E-state index in [0.29, 0.717) is 42.9 Å². The maximum atomic E-state index is 14.9. The van der Waals surface area contributed by atoms with Gasteiger partial charge >= 0.3 is 0 Å². The Hall–Kier alpha value is -4.03. The van der Waals surface area contributed by atoms with E-state index in [1.54, 1.807) is 21.8 Å². The van der Waals surface area contributed by atoms with E-state index in [4.69, 9.17) is 9.47 Å². The van der Waals surface area contributed by atoms with Crippen molar-refractivity contribution in [1.29, 1.82) is 0 Å². The monoisotopic (exact) mass is 669 g/mol. The molecule has 2 fully saturated rings. The summed E-state index contributed by atoms with van der Waals surface area (Å²) in [6.45, 7) is 6.78. The average Bonchev–Trinajstić information content (AvgIpc) is 3.49. The summed E-state index contributed by atoms with van der Waals surface area (Å²) in [4.78, 5) is 58.1. The van der Waals surface area contributed by atoms with Crippen molar-refractivity contribution >= 4 is 37.4 Å². The maximum Gasteiger partial charge on any atom is 0.264 e. The average molecular weight is 670 g/mol. The zero-order chi connectivity index (χ0) is 34.0. The van der Waals surface area contributed by atoms with Crippen molar-refractivity contribution in [3.8, 4) is 5.75 Å². The summed E-state index contributed by atoms with van der Waals surface area (Å²) in [7, 11) is -1.44. The van der Waals surface area contributed by atoms with Gasteiger partial charge in [-0.05, 0) is 66.5 Å². The Morgan fingerprint density at radius 1 is 1.06 bits per heavy atom. The molecule has 0 radical (unpaired) electrons. The van der Waals surface area contributed by atoms with Gasteiger partial charge in [0.15, 0.2) is 13.9 Å². The van der Waals surface area contributed by atoms with Crippen LogP contribution in [0.4, 0.5) is 11.4 Å². The number of hydrogen-bond acceptors (Lipinski definition) is 7. The van der Waals surface area contributed by atoms with Crippen LogP contribution in [0.1, 0.15) is 42.0 Å². The lowest BCUT2D eigenvalue weighted by molar-refractivity contribution is -0.151. The number of benzene rings is 3. The Morgan fingerprint density at radius 2 is 1.83 bits per heavy atom. The largest absolute Gasteiger partial charge is 0.497 e. The predicted octanol–water partition coefficient (Wildman–Crippen LogP) is 4.11. The van der Waals surface area contributed by atoms with Crippen LogP contribution in [0.5, 0.6) is 5.75 Å². The Bertz CT molecular complexity index is 1780. The van der Waals surface area contributed by atoms with E-state index in [1.807, 2.05) is 86.7 Å². The van der Waals surface area contributed by atoms with Crippen LogP contribution < -0.4 is 14.5 Å². The molecule has 3 amide bonds. The van der Waals surface area contributed by atoms with E-state index in [1.165, 1.54) is 0 Å². The van der Waals surface area contributed by atoms with Gasteiger partial charge in [0.25, 0.3) is 5.91 Å². The first-order chi connectivity index (χ1) is 23.0. The summed E-state index contributed by atoms with van der Waals surface area (Å²) < 4.78 is 12.5. The number of anilines is 2. The van der Waals surface area contributed by atoms with Gasteiger partial charge in [-0.2, -0.15) is 0 Å². The highest BCUT2D eigenvalue weighted by atomic mass is 28.4. The van der Waals surface area contributed by atoms with Gasteiger partial charge < -0.3 is 34.1 Å². The first-order valence-corrected chi connectivity index (χ1v) is 19.8. The van der Waals surface area contributed by atoms with Gasteiger partial charge in [-0.15, -0.1) is 0 Å². The number of aliphatic hydroxyl groups is 1. The number of carbonyl (C=O) groups is 3. The number of rotatable bonds is 8. The van der Waals surface area contributed by atoms with Crippen LogP contribution in [0, 0.1) is 5.92 Å². The first kappa shape index (κ1) is 32.5. The summed E-state index contributed by atoms with van der Waals surface area (Å²) in [6, 6.07) is 20.8. The molecule has 0 bridgehead atoms. The van der Waals surface area contributed by atoms with Crippen molar-refractivity contribution in [2.24, 2.45) is 5.92 Å². The fourth-order valence-corrected chi connectivity index (χ4v) is 11.0. The number of carbonyl (C=O) groups excluding carboxylic acids is 3. The second kappa shape index (κ2) is 12.1. The fraction of sp³-hybridized carbons (Fsp3) is 0.432. The van der Waals surface area contributed by atoms with E-state index in [9.17, 15) is 24.3 Å². The summed E-state index contributed by atoms with van der Waals surface area (Å²) in [5, 5.41) is 10.3. The molecule has 2 N–H and O–H groups in total. The van der Waals surface area contributed by atoms with E-state index in [0.717, 1.165) is 22.4 Å². The standard InChI is InChI=1S/C37H43N3O7Si/c1-23-35(48(3,4)45)32(19-34(43)39-21-26-10-6-5-9-25(26)17-28(39)22-41)47-37(23)30-18-29(46-2)12-13-31(30)40(36(37)44)20-24-8-7-11-27(16-24)38-15-14-33(38)42/h5-13,16,18,23,28,32,35,41,45H,14-15,17,19-22H2,1-4H3/t23-,28-,32+,35-,37+/m0/s1. The molecule has 2 saturated heterocycles. The van der Waals surface area contributed by atoms with Crippen molar-refractivity contribution in [3.05, 3.63) is 89.0 Å². The third-order valence-corrected chi connectivity index (χ3v) is 13.4. The van der Waals surface area contributed by atoms with E-state index in [-0.39, 0.29) is 43.3 Å². The molecular weight excluding hydrogens is 627 g/mol. The quantitative estimate of drug-likeness (QED) is 0.274. The molecule has 3 aromatic carbocycles. The summed E-state index contributed by atoms with van der Waals surface area (Å²) >= 11 is 0. The highest BCUT2D eigenvalue weighted by molar-refractivity contribution is 6.71. The van der Waals surface area contributed by atoms with Crippen LogP contribution in [-0.4, -0.2) is 73.2 Å². The van der Waals surface area contributed by atoms with Gasteiger partial charge in [0.05, 0.1) is 44.5 Å². The Morgan fingerprint density at radius 3 is 2.50 bits per heavy atom. The molecule has 0 aliphatic carbocycles. The molecule has 5 atom stereocenters. The van der Waals surface area contributed by atoms with Gasteiger partial charge in [-0.1, -0.05) is 43.3 Å². The lowest BCUT2D eigenvalue weighted by Crippen LogP contribution is -2.48. The molecule has 11 heteroatoms. The highest BCUT2D eigenvalue weighted by Crippen LogP contribution is 2.60. The molecule has 48 heavy (non-hydrogen) atoms. The number of ether oxygens (including phenoxy) is 2. The van der Waals surface area contributed by atoms with Crippen LogP contribution in [-0.2, 0) is 44.2 Å². The molecule has 0 aromatic heterocycles. The molecule has 4 aliphatic rings. The third kappa shape index (κ3) is 5.24. The highest BCUT2D eigenvalue weighted by Gasteiger charge is 2.66. The molecule has 4 aliphatic heterocycles. The summed E-state index contributed by atoms with van der Waals surface area (Å²) in [5.74, 6) is -0.221. The number of aliphatic hydroxyl groups excluding tert-OH is 1. The van der Waals surface area contributed by atoms with Crippen LogP contribution in [0.15, 0.2) is 66.7 Å². The molecule has 0 saturated carbocycles. The van der Waals surface area contributed by atoms with Crippen molar-refractivity contribution in [3.63, 3.8) is 0 Å². The predicted molar refractivity (Wildman–Crippen MR) is 183 cm³/mol. The van der Waals surface area contributed by atoms with Crippen molar-refractivity contribution in [2.75, 3.05) is 30.1 Å². The SMILES string of the molecule is COc1ccc2c(c1)[C@@]1(O[C@H](CC(=O)N3Cc4ccccc4C[C@H]3CO)[C@@H]([Si](C)(C)O)[C@@H]1C)C(=O)N2Cc1cccc(N2CCC2=O)c1. The normalized spacial score (nSPS) is 26.5. The Labute approximate surface area is 282 Å². The van der Waals surface area contributed by atoms with Crippen LogP contribution in [0.25, 0.3) is 0 Å². The Balaban J connectivity index is 1.23. The van der Waals surface area contributed by atoms with Crippen LogP contribution >= 0.6 is 0 Å². The molecule has 7 rings (SSSR count). The molecule has 1 spiro atoms. The van der Waals surface area contributed by atoms with Gasteiger partial charge in [0.1, 0.15) is 5.75 Å². The van der Waals surface area contributed by atoms with Crippen molar-refractivity contribution in [1.82, 2.24) is 4.90 Å². The minimum Gasteiger partial charge on any atom is -0.497 e. The van der Waals surface area contributed by atoms with Gasteiger partial charge in [0.2, 0.25) is 11.8 Å². The number of nitrogens with zero attached hydrogens (tertiary/aromatic N) is 3. The number of hydrogen-bond donors (Lipinski definition) is 2. The fourth-order valence-electron chi connectivity index (χ4n) is 8.47. The molecule has 4 heterocycles. The smallest absolute Gasteiger partial charge is 0.264 e. The topological polar surface area (TPSA) is 120 Å². The zero-order valence-electron chi connectivity index (χ0n) is 27.9. The Kier molecular flexibility index (Phi) is 8.22. The van der Waals surface area contributed by atoms with Crippen LogP contribution in [0.2, 0.25) is 18.6 Å².